The molecule has 6 rings (SSSR count). The summed E-state index contributed by atoms with van der Waals surface area (Å²) < 4.78 is 35.6. The third-order valence-corrected chi connectivity index (χ3v) is 10.5. The molecule has 0 bridgehead atoms. The van der Waals surface area contributed by atoms with Crippen molar-refractivity contribution in [2.24, 2.45) is 0 Å². The Morgan fingerprint density at radius 3 is 2.37 bits per heavy atom. The van der Waals surface area contributed by atoms with Gasteiger partial charge in [-0.25, -0.2) is 8.42 Å². The molecule has 2 fully saturated rings. The summed E-state index contributed by atoms with van der Waals surface area (Å²) in [6.45, 7) is 1.15. The summed E-state index contributed by atoms with van der Waals surface area (Å²) >= 11 is 6.09. The average Bonchev–Trinajstić information content (AvgIpc) is 3.36. The summed E-state index contributed by atoms with van der Waals surface area (Å²) in [6, 6.07) is 23.2. The van der Waals surface area contributed by atoms with Crippen LogP contribution in [0.5, 0.6) is 5.75 Å². The Morgan fingerprint density at radius 2 is 1.63 bits per heavy atom. The van der Waals surface area contributed by atoms with Crippen LogP contribution in [0.1, 0.15) is 43.2 Å². The SMILES string of the molecule is COc1ccc(CN2c3ccccc3[C@]34CCCC[C@]23N(S(=O)(=O)c2ccc(Cl)cc2)CC4)cc1. The molecule has 35 heavy (non-hydrogen) atoms. The number of hydrogen-bond acceptors (Lipinski definition) is 4. The van der Waals surface area contributed by atoms with Crippen LogP contribution in [0.25, 0.3) is 0 Å². The van der Waals surface area contributed by atoms with E-state index in [0.717, 1.165) is 49.1 Å². The summed E-state index contributed by atoms with van der Waals surface area (Å²) in [5, 5.41) is 0.532. The van der Waals surface area contributed by atoms with Gasteiger partial charge in [-0.1, -0.05) is 48.4 Å². The summed E-state index contributed by atoms with van der Waals surface area (Å²) in [5.41, 5.74) is 2.73. The van der Waals surface area contributed by atoms with E-state index >= 15 is 0 Å². The van der Waals surface area contributed by atoms with Gasteiger partial charge in [0.15, 0.2) is 0 Å². The maximum absolute atomic E-state index is 14.2. The summed E-state index contributed by atoms with van der Waals surface area (Å²) in [6.07, 6.45) is 4.75. The van der Waals surface area contributed by atoms with E-state index in [-0.39, 0.29) is 5.41 Å². The van der Waals surface area contributed by atoms with Gasteiger partial charge in [0, 0.05) is 29.2 Å². The Morgan fingerprint density at radius 1 is 0.914 bits per heavy atom. The minimum Gasteiger partial charge on any atom is -0.497 e. The Balaban J connectivity index is 1.52. The number of methoxy groups -OCH3 is 1. The first-order chi connectivity index (χ1) is 16.9. The molecular weight excluding hydrogens is 480 g/mol. The third kappa shape index (κ3) is 3.19. The lowest BCUT2D eigenvalue weighted by atomic mass is 9.64. The van der Waals surface area contributed by atoms with E-state index in [9.17, 15) is 8.42 Å². The fourth-order valence-corrected chi connectivity index (χ4v) is 8.87. The first-order valence-corrected chi connectivity index (χ1v) is 14.0. The molecule has 1 aliphatic carbocycles. The highest BCUT2D eigenvalue weighted by atomic mass is 35.5. The molecule has 3 aliphatic rings. The van der Waals surface area contributed by atoms with Gasteiger partial charge in [-0.05, 0) is 79.3 Å². The second-order valence-corrected chi connectivity index (χ2v) is 12.1. The van der Waals surface area contributed by atoms with Crippen molar-refractivity contribution in [3.8, 4) is 5.75 Å². The van der Waals surface area contributed by atoms with Gasteiger partial charge in [-0.3, -0.25) is 0 Å². The number of sulfonamides is 1. The fraction of sp³-hybridized carbons (Fsp3) is 0.357. The lowest BCUT2D eigenvalue weighted by Crippen LogP contribution is -2.65. The first-order valence-electron chi connectivity index (χ1n) is 12.2. The monoisotopic (exact) mass is 508 g/mol. The van der Waals surface area contributed by atoms with Crippen molar-refractivity contribution in [1.29, 1.82) is 0 Å². The molecule has 2 heterocycles. The van der Waals surface area contributed by atoms with Crippen LogP contribution in [0.15, 0.2) is 77.7 Å². The lowest BCUT2D eigenvalue weighted by Gasteiger charge is -2.53. The fourth-order valence-electron chi connectivity index (χ4n) is 6.91. The van der Waals surface area contributed by atoms with Crippen molar-refractivity contribution in [1.82, 2.24) is 4.31 Å². The predicted octanol–water partition coefficient (Wildman–Crippen LogP) is 5.97. The number of halogens is 1. The van der Waals surface area contributed by atoms with E-state index in [1.807, 2.05) is 16.4 Å². The van der Waals surface area contributed by atoms with E-state index in [4.69, 9.17) is 16.3 Å². The van der Waals surface area contributed by atoms with Gasteiger partial charge >= 0.3 is 0 Å². The minimum atomic E-state index is -3.74. The van der Waals surface area contributed by atoms with Crippen molar-refractivity contribution >= 4 is 27.3 Å². The van der Waals surface area contributed by atoms with Crippen molar-refractivity contribution in [2.45, 2.75) is 54.6 Å². The van der Waals surface area contributed by atoms with Crippen LogP contribution in [0.4, 0.5) is 5.69 Å². The highest BCUT2D eigenvalue weighted by Gasteiger charge is 2.70. The van der Waals surface area contributed by atoms with Crippen LogP contribution in [0.2, 0.25) is 5.02 Å². The molecule has 0 unspecified atom stereocenters. The van der Waals surface area contributed by atoms with Gasteiger partial charge in [0.2, 0.25) is 10.0 Å². The Kier molecular flexibility index (Phi) is 5.40. The normalized spacial score (nSPS) is 25.7. The number of fused-ring (bicyclic) bond motifs is 1. The maximum Gasteiger partial charge on any atom is 0.245 e. The zero-order chi connectivity index (χ0) is 24.3. The van der Waals surface area contributed by atoms with Gasteiger partial charge in [-0.15, -0.1) is 0 Å². The highest BCUT2D eigenvalue weighted by Crippen LogP contribution is 2.65. The maximum atomic E-state index is 14.2. The van der Waals surface area contributed by atoms with Crippen molar-refractivity contribution in [2.75, 3.05) is 18.6 Å². The molecule has 0 N–H and O–H groups in total. The molecule has 5 nitrogen and oxygen atoms in total. The van der Waals surface area contributed by atoms with Crippen LogP contribution >= 0.6 is 11.6 Å². The predicted molar refractivity (Wildman–Crippen MR) is 138 cm³/mol. The van der Waals surface area contributed by atoms with Crippen LogP contribution in [0.3, 0.4) is 0 Å². The average molecular weight is 509 g/mol. The van der Waals surface area contributed by atoms with Crippen molar-refractivity contribution in [3.63, 3.8) is 0 Å². The zero-order valence-corrected chi connectivity index (χ0v) is 21.4. The molecule has 1 saturated carbocycles. The summed E-state index contributed by atoms with van der Waals surface area (Å²) in [5.74, 6) is 0.813. The Bertz CT molecular complexity index is 1360. The second-order valence-electron chi connectivity index (χ2n) is 9.84. The van der Waals surface area contributed by atoms with Crippen molar-refractivity contribution < 1.29 is 13.2 Å². The number of anilines is 1. The molecule has 7 heteroatoms. The molecule has 0 aromatic heterocycles. The molecule has 0 radical (unpaired) electrons. The van der Waals surface area contributed by atoms with Crippen molar-refractivity contribution in [3.05, 3.63) is 88.9 Å². The number of hydrogen-bond donors (Lipinski definition) is 0. The molecule has 3 aromatic rings. The number of ether oxygens (including phenoxy) is 1. The summed E-state index contributed by atoms with van der Waals surface area (Å²) in [4.78, 5) is 2.70. The van der Waals surface area contributed by atoms with Crippen LogP contribution in [-0.2, 0) is 22.0 Å². The molecule has 1 saturated heterocycles. The first kappa shape index (κ1) is 22.9. The smallest absolute Gasteiger partial charge is 0.245 e. The van der Waals surface area contributed by atoms with E-state index in [1.54, 1.807) is 31.4 Å². The Hall–Kier alpha value is -2.54. The quantitative estimate of drug-likeness (QED) is 0.426. The minimum absolute atomic E-state index is 0.214. The topological polar surface area (TPSA) is 49.9 Å². The number of nitrogens with zero attached hydrogens (tertiary/aromatic N) is 2. The molecule has 0 spiro atoms. The number of para-hydroxylation sites is 1. The standard InChI is InChI=1S/C28H29ClN2O3S/c1-34-23-12-8-21(9-13-23)20-30-26-7-3-2-6-25(26)27-16-4-5-17-28(27,30)31(19-18-27)35(32,33)24-14-10-22(29)11-15-24/h2-3,6-15H,4-5,16-20H2,1H3/t27-,28-/m1/s1. The molecule has 182 valence electrons. The van der Waals surface area contributed by atoms with Gasteiger partial charge < -0.3 is 9.64 Å². The third-order valence-electron chi connectivity index (χ3n) is 8.36. The second kappa shape index (κ2) is 8.26. The van der Waals surface area contributed by atoms with E-state index in [2.05, 4.69) is 41.3 Å². The van der Waals surface area contributed by atoms with Crippen LogP contribution < -0.4 is 9.64 Å². The summed E-state index contributed by atoms with van der Waals surface area (Å²) in [7, 11) is -2.07. The van der Waals surface area contributed by atoms with Gasteiger partial charge in [-0.2, -0.15) is 4.31 Å². The number of rotatable bonds is 5. The van der Waals surface area contributed by atoms with E-state index in [1.165, 1.54) is 5.56 Å². The van der Waals surface area contributed by atoms with Gasteiger partial charge in [0.1, 0.15) is 11.4 Å². The molecule has 0 amide bonds. The van der Waals surface area contributed by atoms with Crippen LogP contribution in [0, 0.1) is 0 Å². The molecule has 2 aliphatic heterocycles. The van der Waals surface area contributed by atoms with Gasteiger partial charge in [0.05, 0.1) is 12.0 Å². The largest absolute Gasteiger partial charge is 0.497 e. The molecule has 2 atom stereocenters. The molecular formula is C28H29ClN2O3S. The molecule has 3 aromatic carbocycles. The lowest BCUT2D eigenvalue weighted by molar-refractivity contribution is 0.104. The van der Waals surface area contributed by atoms with Crippen LogP contribution in [-0.4, -0.2) is 32.0 Å². The zero-order valence-electron chi connectivity index (χ0n) is 19.8. The highest BCUT2D eigenvalue weighted by molar-refractivity contribution is 7.89. The van der Waals surface area contributed by atoms with E-state index in [0.29, 0.717) is 23.0 Å². The Labute approximate surface area is 212 Å². The van der Waals surface area contributed by atoms with Gasteiger partial charge in [0.25, 0.3) is 0 Å². The number of benzene rings is 3. The van der Waals surface area contributed by atoms with E-state index < -0.39 is 15.7 Å².